The van der Waals surface area contributed by atoms with Crippen molar-refractivity contribution in [3.05, 3.63) is 78.9 Å². The van der Waals surface area contributed by atoms with Gasteiger partial charge in [0.25, 0.3) is 0 Å². The Balaban J connectivity index is 1.84. The van der Waals surface area contributed by atoms with Gasteiger partial charge in [0.2, 0.25) is 0 Å². The summed E-state index contributed by atoms with van der Waals surface area (Å²) in [5.41, 5.74) is 0. The van der Waals surface area contributed by atoms with E-state index >= 15 is 0 Å². The molecule has 104 valence electrons. The molecule has 21 heavy (non-hydrogen) atoms. The molecule has 0 fully saturated rings. The number of ether oxygens (including phenoxy) is 2. The summed E-state index contributed by atoms with van der Waals surface area (Å²) < 4.78 is 11.6. The highest BCUT2D eigenvalue weighted by Crippen LogP contribution is 2.34. The van der Waals surface area contributed by atoms with Crippen molar-refractivity contribution >= 4 is 0 Å². The molecular formula is C18H14O3. The monoisotopic (exact) mass is 278 g/mol. The van der Waals surface area contributed by atoms with Gasteiger partial charge in [-0.25, -0.2) is 0 Å². The summed E-state index contributed by atoms with van der Waals surface area (Å²) in [4.78, 5) is 0. The van der Waals surface area contributed by atoms with Gasteiger partial charge in [-0.1, -0.05) is 30.3 Å². The Labute approximate surface area is 123 Å². The van der Waals surface area contributed by atoms with Gasteiger partial charge in [0.1, 0.15) is 17.2 Å². The van der Waals surface area contributed by atoms with E-state index in [2.05, 4.69) is 0 Å². The van der Waals surface area contributed by atoms with Gasteiger partial charge in [0, 0.05) is 0 Å². The largest absolute Gasteiger partial charge is 0.508 e. The first-order valence-electron chi connectivity index (χ1n) is 6.60. The number of phenolic OH excluding ortho intramolecular Hbond substituents is 1. The minimum atomic E-state index is 0.205. The summed E-state index contributed by atoms with van der Waals surface area (Å²) in [5, 5.41) is 9.29. The number of rotatable bonds is 4. The second-order valence-corrected chi connectivity index (χ2v) is 4.46. The van der Waals surface area contributed by atoms with Crippen LogP contribution in [0.1, 0.15) is 0 Å². The molecular weight excluding hydrogens is 264 g/mol. The molecule has 0 saturated carbocycles. The number of phenols is 1. The summed E-state index contributed by atoms with van der Waals surface area (Å²) in [6.07, 6.45) is 0. The van der Waals surface area contributed by atoms with Crippen LogP contribution in [0.2, 0.25) is 0 Å². The van der Waals surface area contributed by atoms with E-state index in [0.717, 1.165) is 5.75 Å². The molecule has 3 heteroatoms. The minimum Gasteiger partial charge on any atom is -0.508 e. The Bertz CT molecular complexity index is 706. The van der Waals surface area contributed by atoms with Gasteiger partial charge in [-0.05, 0) is 48.5 Å². The summed E-state index contributed by atoms with van der Waals surface area (Å²) in [6.45, 7) is 0. The Kier molecular flexibility index (Phi) is 3.74. The average molecular weight is 278 g/mol. The zero-order valence-corrected chi connectivity index (χ0v) is 11.3. The molecule has 3 aromatic carbocycles. The molecule has 3 aromatic rings. The maximum Gasteiger partial charge on any atom is 0.169 e. The normalized spacial score (nSPS) is 10.1. The molecule has 0 radical (unpaired) electrons. The van der Waals surface area contributed by atoms with E-state index < -0.39 is 0 Å². The SMILES string of the molecule is Oc1ccc(Oc2ccccc2Oc2ccccc2)cc1. The maximum absolute atomic E-state index is 9.29. The molecule has 0 aromatic heterocycles. The lowest BCUT2D eigenvalue weighted by atomic mass is 10.3. The number of hydrogen-bond acceptors (Lipinski definition) is 3. The lowest BCUT2D eigenvalue weighted by Gasteiger charge is -2.12. The zero-order chi connectivity index (χ0) is 14.5. The van der Waals surface area contributed by atoms with E-state index in [0.29, 0.717) is 17.2 Å². The van der Waals surface area contributed by atoms with Crippen LogP contribution >= 0.6 is 0 Å². The van der Waals surface area contributed by atoms with E-state index in [1.807, 2.05) is 54.6 Å². The fraction of sp³-hybridized carbons (Fsp3) is 0. The highest BCUT2D eigenvalue weighted by atomic mass is 16.5. The predicted octanol–water partition coefficient (Wildman–Crippen LogP) is 4.98. The van der Waals surface area contributed by atoms with Crippen LogP contribution in [0.4, 0.5) is 0 Å². The van der Waals surface area contributed by atoms with Crippen LogP contribution in [-0.4, -0.2) is 5.11 Å². The lowest BCUT2D eigenvalue weighted by molar-refractivity contribution is 0.417. The quantitative estimate of drug-likeness (QED) is 0.731. The molecule has 0 spiro atoms. The minimum absolute atomic E-state index is 0.205. The third kappa shape index (κ3) is 3.34. The summed E-state index contributed by atoms with van der Waals surface area (Å²) in [5.74, 6) is 2.84. The van der Waals surface area contributed by atoms with Gasteiger partial charge in [0.15, 0.2) is 11.5 Å². The summed E-state index contributed by atoms with van der Waals surface area (Å²) in [7, 11) is 0. The topological polar surface area (TPSA) is 38.7 Å². The molecule has 0 aliphatic heterocycles. The van der Waals surface area contributed by atoms with Crippen molar-refractivity contribution in [3.8, 4) is 28.7 Å². The Hall–Kier alpha value is -2.94. The van der Waals surface area contributed by atoms with Gasteiger partial charge in [-0.15, -0.1) is 0 Å². The van der Waals surface area contributed by atoms with Crippen molar-refractivity contribution in [2.75, 3.05) is 0 Å². The van der Waals surface area contributed by atoms with E-state index in [1.54, 1.807) is 24.3 Å². The fourth-order valence-electron chi connectivity index (χ4n) is 1.88. The van der Waals surface area contributed by atoms with Crippen LogP contribution in [0.25, 0.3) is 0 Å². The van der Waals surface area contributed by atoms with Gasteiger partial charge in [0.05, 0.1) is 0 Å². The van der Waals surface area contributed by atoms with Gasteiger partial charge < -0.3 is 14.6 Å². The van der Waals surface area contributed by atoms with E-state index in [1.165, 1.54) is 0 Å². The highest BCUT2D eigenvalue weighted by Gasteiger charge is 2.06. The van der Waals surface area contributed by atoms with Gasteiger partial charge >= 0.3 is 0 Å². The second-order valence-electron chi connectivity index (χ2n) is 4.46. The van der Waals surface area contributed by atoms with Crippen molar-refractivity contribution in [2.24, 2.45) is 0 Å². The molecule has 0 aliphatic rings. The smallest absolute Gasteiger partial charge is 0.169 e. The maximum atomic E-state index is 9.29. The van der Waals surface area contributed by atoms with Crippen molar-refractivity contribution < 1.29 is 14.6 Å². The fourth-order valence-corrected chi connectivity index (χ4v) is 1.88. The molecule has 0 saturated heterocycles. The van der Waals surface area contributed by atoms with E-state index in [9.17, 15) is 5.11 Å². The van der Waals surface area contributed by atoms with E-state index in [-0.39, 0.29) is 5.75 Å². The van der Waals surface area contributed by atoms with Crippen LogP contribution < -0.4 is 9.47 Å². The Morgan fingerprint density at radius 1 is 0.524 bits per heavy atom. The molecule has 3 rings (SSSR count). The average Bonchev–Trinajstić information content (AvgIpc) is 2.52. The zero-order valence-electron chi connectivity index (χ0n) is 11.3. The molecule has 0 unspecified atom stereocenters. The molecule has 0 heterocycles. The van der Waals surface area contributed by atoms with E-state index in [4.69, 9.17) is 9.47 Å². The predicted molar refractivity (Wildman–Crippen MR) is 81.1 cm³/mol. The first-order chi connectivity index (χ1) is 10.3. The van der Waals surface area contributed by atoms with Gasteiger partial charge in [-0.3, -0.25) is 0 Å². The molecule has 0 bridgehead atoms. The molecule has 0 aliphatic carbocycles. The molecule has 0 amide bonds. The van der Waals surface area contributed by atoms with Crippen LogP contribution in [0, 0.1) is 0 Å². The Morgan fingerprint density at radius 2 is 1.00 bits per heavy atom. The Morgan fingerprint density at radius 3 is 1.57 bits per heavy atom. The summed E-state index contributed by atoms with van der Waals surface area (Å²) in [6, 6.07) is 23.6. The van der Waals surface area contributed by atoms with Crippen LogP contribution in [0.15, 0.2) is 78.9 Å². The first-order valence-corrected chi connectivity index (χ1v) is 6.60. The molecule has 3 nitrogen and oxygen atoms in total. The summed E-state index contributed by atoms with van der Waals surface area (Å²) >= 11 is 0. The number of para-hydroxylation sites is 3. The standard InChI is InChI=1S/C18H14O3/c19-14-10-12-16(13-11-14)21-18-9-5-4-8-17(18)20-15-6-2-1-3-7-15/h1-13,19H. The van der Waals surface area contributed by atoms with Crippen molar-refractivity contribution in [1.82, 2.24) is 0 Å². The van der Waals surface area contributed by atoms with Crippen LogP contribution in [0.3, 0.4) is 0 Å². The van der Waals surface area contributed by atoms with Crippen LogP contribution in [0.5, 0.6) is 28.7 Å². The van der Waals surface area contributed by atoms with Crippen molar-refractivity contribution in [1.29, 1.82) is 0 Å². The van der Waals surface area contributed by atoms with Crippen LogP contribution in [-0.2, 0) is 0 Å². The number of hydrogen-bond donors (Lipinski definition) is 1. The number of aromatic hydroxyl groups is 1. The second kappa shape index (κ2) is 6.01. The first kappa shape index (κ1) is 13.1. The molecule has 1 N–H and O–H groups in total. The lowest BCUT2D eigenvalue weighted by Crippen LogP contribution is -1.89. The number of benzene rings is 3. The molecule has 0 atom stereocenters. The van der Waals surface area contributed by atoms with Gasteiger partial charge in [-0.2, -0.15) is 0 Å². The highest BCUT2D eigenvalue weighted by molar-refractivity contribution is 5.45. The van der Waals surface area contributed by atoms with Crippen molar-refractivity contribution in [3.63, 3.8) is 0 Å². The van der Waals surface area contributed by atoms with Crippen molar-refractivity contribution in [2.45, 2.75) is 0 Å². The third-order valence-corrected chi connectivity index (χ3v) is 2.88. The third-order valence-electron chi connectivity index (χ3n) is 2.88.